The van der Waals surface area contributed by atoms with Crippen LogP contribution < -0.4 is 32.9 Å². The summed E-state index contributed by atoms with van der Waals surface area (Å²) in [6.45, 7) is 8.61. The number of benzene rings is 4. The van der Waals surface area contributed by atoms with Gasteiger partial charge in [-0.2, -0.15) is 0 Å². The molecule has 0 N–H and O–H groups in total. The topological polar surface area (TPSA) is 0 Å². The molecular weight excluding hydrogens is 507 g/mol. The van der Waals surface area contributed by atoms with Crippen molar-refractivity contribution in [3.8, 4) is 11.8 Å². The highest BCUT2D eigenvalue weighted by atomic mass is 79.9. The molecule has 0 heterocycles. The Labute approximate surface area is 222 Å². The Morgan fingerprint density at radius 2 is 1.09 bits per heavy atom. The number of hydrogen-bond donors (Lipinski definition) is 0. The van der Waals surface area contributed by atoms with Crippen molar-refractivity contribution >= 4 is 23.2 Å². The van der Waals surface area contributed by atoms with E-state index in [4.69, 9.17) is 0 Å². The van der Waals surface area contributed by atoms with Crippen LogP contribution in [0.1, 0.15) is 29.2 Å². The van der Waals surface area contributed by atoms with Crippen LogP contribution in [0.2, 0.25) is 0 Å². The summed E-state index contributed by atoms with van der Waals surface area (Å²) in [6, 6.07) is 37.4. The Morgan fingerprint density at radius 3 is 1.54 bits per heavy atom. The van der Waals surface area contributed by atoms with Crippen molar-refractivity contribution in [3.63, 3.8) is 0 Å². The fourth-order valence-electron chi connectivity index (χ4n) is 4.44. The first-order chi connectivity index (χ1) is 16.5. The first-order valence-corrected chi connectivity index (χ1v) is 13.8. The number of hydrogen-bond acceptors (Lipinski definition) is 0. The third kappa shape index (κ3) is 5.85. The van der Waals surface area contributed by atoms with Crippen molar-refractivity contribution in [1.82, 2.24) is 0 Å². The zero-order valence-corrected chi connectivity index (χ0v) is 23.4. The minimum atomic E-state index is -1.87. The number of halogens is 1. The maximum atomic E-state index is 3.47. The van der Waals surface area contributed by atoms with Gasteiger partial charge >= 0.3 is 0 Å². The van der Waals surface area contributed by atoms with Crippen molar-refractivity contribution in [2.75, 3.05) is 6.16 Å². The molecule has 4 rings (SSSR count). The average Bonchev–Trinajstić information content (AvgIpc) is 2.89. The van der Waals surface area contributed by atoms with Crippen molar-refractivity contribution in [3.05, 3.63) is 137 Å². The van der Waals surface area contributed by atoms with E-state index in [2.05, 4.69) is 149 Å². The van der Waals surface area contributed by atoms with Crippen LogP contribution in [-0.2, 0) is 0 Å². The molecule has 0 nitrogen and oxygen atoms in total. The van der Waals surface area contributed by atoms with Gasteiger partial charge in [-0.1, -0.05) is 78.6 Å². The van der Waals surface area contributed by atoms with Gasteiger partial charge in [-0.05, 0) is 92.4 Å². The van der Waals surface area contributed by atoms with Gasteiger partial charge in [0.1, 0.15) is 23.2 Å². The van der Waals surface area contributed by atoms with E-state index in [0.717, 1.165) is 17.3 Å². The van der Waals surface area contributed by atoms with Crippen LogP contribution >= 0.6 is 7.26 Å². The summed E-state index contributed by atoms with van der Waals surface area (Å²) in [5.41, 5.74) is 6.08. The van der Waals surface area contributed by atoms with Crippen LogP contribution in [0.25, 0.3) is 0 Å². The van der Waals surface area contributed by atoms with Crippen LogP contribution in [0.5, 0.6) is 0 Å². The molecule has 0 radical (unpaired) electrons. The molecule has 0 aliphatic carbocycles. The Bertz CT molecular complexity index is 1250. The van der Waals surface area contributed by atoms with E-state index in [1.165, 1.54) is 32.6 Å². The Hall–Kier alpha value is -2.91. The molecule has 0 aliphatic rings. The molecule has 0 atom stereocenters. The third-order valence-corrected chi connectivity index (χ3v) is 10.9. The van der Waals surface area contributed by atoms with Crippen molar-refractivity contribution in [2.24, 2.45) is 0 Å². The maximum Gasteiger partial charge on any atom is 0.116 e. The van der Waals surface area contributed by atoms with Gasteiger partial charge < -0.3 is 17.0 Å². The molecule has 4 aromatic carbocycles. The minimum Gasteiger partial charge on any atom is -1.00 e. The third-order valence-electron chi connectivity index (χ3n) is 6.59. The summed E-state index contributed by atoms with van der Waals surface area (Å²) in [5, 5.41) is 4.19. The maximum absolute atomic E-state index is 3.47. The molecule has 0 saturated heterocycles. The summed E-state index contributed by atoms with van der Waals surface area (Å²) in [7, 11) is -1.87. The molecule has 0 unspecified atom stereocenters. The number of aryl methyl sites for hydroxylation is 2. The molecule has 0 aliphatic heterocycles. The lowest BCUT2D eigenvalue weighted by molar-refractivity contribution is -0.00000685. The van der Waals surface area contributed by atoms with Crippen molar-refractivity contribution < 1.29 is 17.0 Å². The Balaban J connectivity index is 0.00000342. The summed E-state index contributed by atoms with van der Waals surface area (Å²) >= 11 is 0. The minimum absolute atomic E-state index is 0. The van der Waals surface area contributed by atoms with Gasteiger partial charge in [0.05, 0.1) is 6.16 Å². The first-order valence-electron chi connectivity index (χ1n) is 11.8. The predicted molar refractivity (Wildman–Crippen MR) is 151 cm³/mol. The lowest BCUT2D eigenvalue weighted by Gasteiger charge is -2.26. The zero-order valence-electron chi connectivity index (χ0n) is 20.9. The highest BCUT2D eigenvalue weighted by Gasteiger charge is 2.44. The van der Waals surface area contributed by atoms with Crippen LogP contribution in [0.3, 0.4) is 0 Å². The molecule has 0 fully saturated rings. The van der Waals surface area contributed by atoms with E-state index >= 15 is 0 Å². The van der Waals surface area contributed by atoms with Gasteiger partial charge in [0.15, 0.2) is 0 Å². The summed E-state index contributed by atoms with van der Waals surface area (Å²) in [4.78, 5) is 0. The monoisotopic (exact) mass is 538 g/mol. The quantitative estimate of drug-likeness (QED) is 0.267. The lowest BCUT2D eigenvalue weighted by Crippen LogP contribution is -3.00. The second-order valence-corrected chi connectivity index (χ2v) is 12.4. The molecule has 35 heavy (non-hydrogen) atoms. The van der Waals surface area contributed by atoms with Gasteiger partial charge in [-0.15, -0.1) is 0 Å². The van der Waals surface area contributed by atoms with Crippen LogP contribution in [-0.4, -0.2) is 6.16 Å². The molecule has 0 saturated carbocycles. The lowest BCUT2D eigenvalue weighted by atomic mass is 9.98. The Kier molecular flexibility index (Phi) is 9.28. The normalized spacial score (nSPS) is 11.3. The molecule has 0 amide bonds. The highest BCUT2D eigenvalue weighted by molar-refractivity contribution is 7.95. The number of allylic oxidation sites excluding steroid dienone is 2. The van der Waals surface area contributed by atoms with E-state index in [9.17, 15) is 0 Å². The van der Waals surface area contributed by atoms with E-state index in [0.29, 0.717) is 0 Å². The van der Waals surface area contributed by atoms with E-state index in [1.54, 1.807) is 0 Å². The van der Waals surface area contributed by atoms with Crippen LogP contribution in [0, 0.1) is 32.6 Å². The van der Waals surface area contributed by atoms with Crippen LogP contribution in [0.4, 0.5) is 0 Å². The zero-order chi connectivity index (χ0) is 24.0. The summed E-state index contributed by atoms with van der Waals surface area (Å²) < 4.78 is 0. The van der Waals surface area contributed by atoms with Crippen molar-refractivity contribution in [1.29, 1.82) is 0 Å². The standard InChI is InChI=1S/C33H32P.BrH/c1-26(20-23-33-28(3)22-21-27(2)29(33)4)24-25-34(30-14-8-5-9-15-30,31-16-10-6-11-17-31)32-18-12-7-13-19-32;/h5-19,21-22,24H,25H2,1-4H3;1H/q+1;/p-1. The van der Waals surface area contributed by atoms with Crippen molar-refractivity contribution in [2.45, 2.75) is 27.7 Å². The second kappa shape index (κ2) is 12.2. The van der Waals surface area contributed by atoms with Gasteiger partial charge in [-0.3, -0.25) is 0 Å². The summed E-state index contributed by atoms with van der Waals surface area (Å²) in [5.74, 6) is 6.94. The smallest absolute Gasteiger partial charge is 0.116 e. The molecule has 176 valence electrons. The van der Waals surface area contributed by atoms with E-state index in [1.807, 2.05) is 0 Å². The molecule has 0 spiro atoms. The first kappa shape index (κ1) is 26.7. The molecule has 4 aromatic rings. The fourth-order valence-corrected chi connectivity index (χ4v) is 8.56. The van der Waals surface area contributed by atoms with Crippen LogP contribution in [0.15, 0.2) is 115 Å². The largest absolute Gasteiger partial charge is 1.00 e. The predicted octanol–water partition coefficient (Wildman–Crippen LogP) is 3.91. The average molecular weight is 539 g/mol. The van der Waals surface area contributed by atoms with Gasteiger partial charge in [0.25, 0.3) is 0 Å². The Morgan fingerprint density at radius 1 is 0.657 bits per heavy atom. The molecule has 0 bridgehead atoms. The van der Waals surface area contributed by atoms with Gasteiger partial charge in [0.2, 0.25) is 0 Å². The SMILES string of the molecule is CC(C#Cc1c(C)ccc(C)c1C)=CC[P+](c1ccccc1)(c1ccccc1)c1ccccc1.[Br-]. The number of rotatable bonds is 5. The van der Waals surface area contributed by atoms with E-state index in [-0.39, 0.29) is 17.0 Å². The second-order valence-electron chi connectivity index (χ2n) is 8.84. The van der Waals surface area contributed by atoms with Gasteiger partial charge in [-0.25, -0.2) is 0 Å². The fraction of sp³-hybridized carbons (Fsp3) is 0.152. The molecule has 2 heteroatoms. The van der Waals surface area contributed by atoms with E-state index < -0.39 is 7.26 Å². The highest BCUT2D eigenvalue weighted by Crippen LogP contribution is 2.55. The summed E-state index contributed by atoms with van der Waals surface area (Å²) in [6.07, 6.45) is 3.30. The molecule has 0 aromatic heterocycles. The van der Waals surface area contributed by atoms with Gasteiger partial charge in [0, 0.05) is 5.56 Å². The molecular formula is C33H32BrP.